The molecule has 1 aromatic carbocycles. The Hall–Kier alpha value is -1.17. The summed E-state index contributed by atoms with van der Waals surface area (Å²) in [5.74, 6) is -0.326. The molecule has 0 N–H and O–H groups in total. The lowest BCUT2D eigenvalue weighted by Gasteiger charge is -2.32. The molecule has 0 aromatic heterocycles. The molecule has 5 heteroatoms. The van der Waals surface area contributed by atoms with Crippen LogP contribution in [-0.2, 0) is 19.3 Å². The molecule has 1 spiro atoms. The van der Waals surface area contributed by atoms with Crippen molar-refractivity contribution in [1.29, 1.82) is 0 Å². The second-order valence-electron chi connectivity index (χ2n) is 6.06. The first-order valence-corrected chi connectivity index (χ1v) is 9.40. The summed E-state index contributed by atoms with van der Waals surface area (Å²) in [7, 11) is -3.24. The van der Waals surface area contributed by atoms with Gasteiger partial charge in [-0.05, 0) is 31.9 Å². The van der Waals surface area contributed by atoms with Gasteiger partial charge in [0, 0.05) is 12.8 Å². The monoisotopic (exact) mass is 322 g/mol. The number of aryl methyl sites for hydroxylation is 1. The normalized spacial score (nSPS) is 21.2. The van der Waals surface area contributed by atoms with Crippen molar-refractivity contribution in [1.82, 2.24) is 0 Å². The van der Waals surface area contributed by atoms with E-state index in [1.165, 1.54) is 5.57 Å². The van der Waals surface area contributed by atoms with Crippen LogP contribution in [-0.4, -0.2) is 33.2 Å². The number of benzene rings is 1. The minimum absolute atomic E-state index is 0.0696. The first-order valence-electron chi connectivity index (χ1n) is 7.74. The van der Waals surface area contributed by atoms with Crippen molar-refractivity contribution in [2.24, 2.45) is 0 Å². The van der Waals surface area contributed by atoms with Crippen molar-refractivity contribution in [3.05, 3.63) is 41.5 Å². The molecular formula is C17H22O4S. The Morgan fingerprint density at radius 3 is 2.27 bits per heavy atom. The molecule has 2 fully saturated rings. The summed E-state index contributed by atoms with van der Waals surface area (Å²) >= 11 is 0. The Kier molecular flexibility index (Phi) is 4.39. The lowest BCUT2D eigenvalue weighted by atomic mass is 9.90. The quantitative estimate of drug-likeness (QED) is 0.803. The van der Waals surface area contributed by atoms with E-state index >= 15 is 0 Å². The van der Waals surface area contributed by atoms with E-state index in [4.69, 9.17) is 9.47 Å². The van der Waals surface area contributed by atoms with Crippen LogP contribution < -0.4 is 0 Å². The maximum absolute atomic E-state index is 12.3. The first-order chi connectivity index (χ1) is 10.5. The minimum atomic E-state index is -3.24. The van der Waals surface area contributed by atoms with Gasteiger partial charge in [0.2, 0.25) is 0 Å². The third kappa shape index (κ3) is 3.42. The van der Waals surface area contributed by atoms with Gasteiger partial charge in [-0.2, -0.15) is 0 Å². The maximum atomic E-state index is 12.3. The number of ether oxygens (including phenoxy) is 2. The smallest absolute Gasteiger partial charge is 0.181 e. The van der Waals surface area contributed by atoms with Gasteiger partial charge in [-0.15, -0.1) is 0 Å². The second-order valence-corrected chi connectivity index (χ2v) is 8.10. The minimum Gasteiger partial charge on any atom is -0.348 e. The first kappa shape index (κ1) is 15.7. The van der Waals surface area contributed by atoms with Gasteiger partial charge in [-0.3, -0.25) is 0 Å². The molecule has 1 aromatic rings. The number of hydrogen-bond acceptors (Lipinski definition) is 4. The Labute approximate surface area is 132 Å². The molecule has 1 heterocycles. The summed E-state index contributed by atoms with van der Waals surface area (Å²) in [6.45, 7) is 3.28. The lowest BCUT2D eigenvalue weighted by molar-refractivity contribution is -0.171. The zero-order chi connectivity index (χ0) is 15.6. The SMILES string of the molecule is Cc1ccc(S(=O)(=O)CC=C2CCC3(CC2)OCCO3)cc1. The van der Waals surface area contributed by atoms with Gasteiger partial charge in [0.25, 0.3) is 0 Å². The highest BCUT2D eigenvalue weighted by Crippen LogP contribution is 2.37. The highest BCUT2D eigenvalue weighted by Gasteiger charge is 2.38. The molecule has 0 atom stereocenters. The van der Waals surface area contributed by atoms with E-state index in [1.807, 2.05) is 25.1 Å². The fraction of sp³-hybridized carbons (Fsp3) is 0.529. The molecule has 1 saturated heterocycles. The van der Waals surface area contributed by atoms with Crippen LogP contribution in [0.25, 0.3) is 0 Å². The van der Waals surface area contributed by atoms with Gasteiger partial charge in [0.1, 0.15) is 0 Å². The molecule has 3 rings (SSSR count). The van der Waals surface area contributed by atoms with Crippen LogP contribution in [0.1, 0.15) is 31.2 Å². The van der Waals surface area contributed by atoms with E-state index in [9.17, 15) is 8.42 Å². The van der Waals surface area contributed by atoms with Gasteiger partial charge in [0.15, 0.2) is 15.6 Å². The molecule has 0 bridgehead atoms. The predicted octanol–water partition coefficient (Wildman–Crippen LogP) is 3.01. The Balaban J connectivity index is 1.63. The van der Waals surface area contributed by atoms with Crippen molar-refractivity contribution < 1.29 is 17.9 Å². The molecule has 120 valence electrons. The summed E-state index contributed by atoms with van der Waals surface area (Å²) in [5, 5.41) is 0. The van der Waals surface area contributed by atoms with Crippen molar-refractivity contribution >= 4 is 9.84 Å². The molecule has 0 radical (unpaired) electrons. The topological polar surface area (TPSA) is 52.6 Å². The van der Waals surface area contributed by atoms with Gasteiger partial charge in [-0.1, -0.05) is 29.3 Å². The van der Waals surface area contributed by atoms with Gasteiger partial charge in [0.05, 0.1) is 23.9 Å². The zero-order valence-electron chi connectivity index (χ0n) is 12.9. The van der Waals surface area contributed by atoms with Crippen LogP contribution in [0, 0.1) is 6.92 Å². The van der Waals surface area contributed by atoms with Gasteiger partial charge >= 0.3 is 0 Å². The van der Waals surface area contributed by atoms with E-state index in [0.717, 1.165) is 31.2 Å². The highest BCUT2D eigenvalue weighted by atomic mass is 32.2. The molecular weight excluding hydrogens is 300 g/mol. The molecule has 1 saturated carbocycles. The molecule has 0 amide bonds. The average Bonchev–Trinajstić information content (AvgIpc) is 2.96. The van der Waals surface area contributed by atoms with E-state index in [1.54, 1.807) is 12.1 Å². The summed E-state index contributed by atoms with van der Waals surface area (Å²) in [6.07, 6.45) is 5.22. The summed E-state index contributed by atoms with van der Waals surface area (Å²) < 4.78 is 36.1. The van der Waals surface area contributed by atoms with E-state index in [0.29, 0.717) is 18.1 Å². The van der Waals surface area contributed by atoms with Crippen molar-refractivity contribution in [2.75, 3.05) is 19.0 Å². The number of hydrogen-bond donors (Lipinski definition) is 0. The fourth-order valence-electron chi connectivity index (χ4n) is 3.01. The fourth-order valence-corrected chi connectivity index (χ4v) is 4.21. The molecule has 22 heavy (non-hydrogen) atoms. The predicted molar refractivity (Wildman–Crippen MR) is 84.4 cm³/mol. The molecule has 4 nitrogen and oxygen atoms in total. The second kappa shape index (κ2) is 6.14. The number of rotatable bonds is 3. The third-order valence-electron chi connectivity index (χ3n) is 4.44. The van der Waals surface area contributed by atoms with Crippen LogP contribution >= 0.6 is 0 Å². The van der Waals surface area contributed by atoms with Gasteiger partial charge in [-0.25, -0.2) is 8.42 Å². The Morgan fingerprint density at radius 2 is 1.68 bits per heavy atom. The maximum Gasteiger partial charge on any atom is 0.181 e. The summed E-state index contributed by atoms with van der Waals surface area (Å²) in [5.41, 5.74) is 2.26. The molecule has 0 unspecified atom stereocenters. The number of sulfone groups is 1. The number of allylic oxidation sites excluding steroid dienone is 1. The van der Waals surface area contributed by atoms with Crippen LogP contribution in [0.4, 0.5) is 0 Å². The highest BCUT2D eigenvalue weighted by molar-refractivity contribution is 7.91. The largest absolute Gasteiger partial charge is 0.348 e. The van der Waals surface area contributed by atoms with E-state index in [2.05, 4.69) is 0 Å². The summed E-state index contributed by atoms with van der Waals surface area (Å²) in [6, 6.07) is 7.02. The molecule has 1 aliphatic carbocycles. The van der Waals surface area contributed by atoms with Crippen LogP contribution in [0.2, 0.25) is 0 Å². The van der Waals surface area contributed by atoms with E-state index < -0.39 is 15.6 Å². The third-order valence-corrected chi connectivity index (χ3v) is 6.04. The standard InChI is InChI=1S/C17H22O4S/c1-14-2-4-16(5-3-14)22(18,19)13-8-15-6-9-17(10-7-15)20-11-12-21-17/h2-5,8H,6-7,9-13H2,1H3. The molecule has 2 aliphatic rings. The lowest BCUT2D eigenvalue weighted by Crippen LogP contribution is -2.33. The van der Waals surface area contributed by atoms with Crippen molar-refractivity contribution in [3.8, 4) is 0 Å². The molecule has 1 aliphatic heterocycles. The van der Waals surface area contributed by atoms with Crippen molar-refractivity contribution in [3.63, 3.8) is 0 Å². The van der Waals surface area contributed by atoms with Crippen LogP contribution in [0.15, 0.2) is 40.8 Å². The summed E-state index contributed by atoms with van der Waals surface area (Å²) in [4.78, 5) is 0.393. The van der Waals surface area contributed by atoms with Gasteiger partial charge < -0.3 is 9.47 Å². The van der Waals surface area contributed by atoms with Crippen molar-refractivity contribution in [2.45, 2.75) is 43.3 Å². The Bertz CT molecular complexity index is 640. The Morgan fingerprint density at radius 1 is 1.09 bits per heavy atom. The zero-order valence-corrected chi connectivity index (χ0v) is 13.7. The average molecular weight is 322 g/mol. The van der Waals surface area contributed by atoms with Crippen LogP contribution in [0.3, 0.4) is 0 Å². The van der Waals surface area contributed by atoms with E-state index in [-0.39, 0.29) is 5.75 Å². The van der Waals surface area contributed by atoms with Crippen LogP contribution in [0.5, 0.6) is 0 Å².